The number of rotatable bonds is 31. The fourth-order valence-corrected chi connectivity index (χ4v) is 5.70. The van der Waals surface area contributed by atoms with Crippen molar-refractivity contribution in [1.29, 1.82) is 0 Å². The van der Waals surface area contributed by atoms with E-state index in [0.29, 0.717) is 23.9 Å². The predicted molar refractivity (Wildman–Crippen MR) is 173 cm³/mol. The number of hydrogen-bond acceptors (Lipinski definition) is 6. The largest absolute Gasteiger partial charge is 0.756 e. The minimum atomic E-state index is -4.53. The van der Waals surface area contributed by atoms with Crippen LogP contribution in [0.1, 0.15) is 155 Å². The van der Waals surface area contributed by atoms with E-state index in [-0.39, 0.29) is 19.1 Å². The van der Waals surface area contributed by atoms with Gasteiger partial charge in [0, 0.05) is 6.42 Å². The molecule has 0 aliphatic rings. The van der Waals surface area contributed by atoms with E-state index in [0.717, 1.165) is 51.4 Å². The van der Waals surface area contributed by atoms with Crippen LogP contribution in [-0.2, 0) is 18.4 Å². The molecule has 0 aromatic heterocycles. The third-order valence-electron chi connectivity index (χ3n) is 7.85. The zero-order valence-electron chi connectivity index (χ0n) is 28.2. The van der Waals surface area contributed by atoms with Crippen LogP contribution >= 0.6 is 7.82 Å². The number of amides is 1. The molecule has 1 amide bonds. The first-order chi connectivity index (χ1) is 20.0. The molecule has 252 valence electrons. The fraction of sp³-hybridized carbons (Fsp3) is 0.970. The highest BCUT2D eigenvalue weighted by Gasteiger charge is 2.24. The number of phosphoric ester groups is 1. The fourth-order valence-electron chi connectivity index (χ4n) is 4.98. The average molecular weight is 621 g/mol. The van der Waals surface area contributed by atoms with Gasteiger partial charge in [-0.2, -0.15) is 0 Å². The van der Waals surface area contributed by atoms with E-state index in [1.54, 1.807) is 0 Å². The summed E-state index contributed by atoms with van der Waals surface area (Å²) in [7, 11) is 1.31. The molecule has 0 fully saturated rings. The van der Waals surface area contributed by atoms with Gasteiger partial charge in [0.05, 0.1) is 39.9 Å². The van der Waals surface area contributed by atoms with Crippen LogP contribution in [0.15, 0.2) is 0 Å². The van der Waals surface area contributed by atoms with Crippen LogP contribution in [0, 0.1) is 0 Å². The van der Waals surface area contributed by atoms with Crippen molar-refractivity contribution < 1.29 is 32.9 Å². The highest BCUT2D eigenvalue weighted by Crippen LogP contribution is 2.38. The first-order valence-corrected chi connectivity index (χ1v) is 18.8. The molecule has 3 atom stereocenters. The van der Waals surface area contributed by atoms with E-state index in [4.69, 9.17) is 9.05 Å². The normalized spacial score (nSPS) is 14.9. The molecule has 2 N–H and O–H groups in total. The molecule has 0 aromatic rings. The minimum Gasteiger partial charge on any atom is -0.756 e. The number of quaternary nitrogens is 1. The third-order valence-corrected chi connectivity index (χ3v) is 8.81. The van der Waals surface area contributed by atoms with Gasteiger partial charge in [0.1, 0.15) is 13.2 Å². The van der Waals surface area contributed by atoms with E-state index in [2.05, 4.69) is 19.2 Å². The molecule has 0 heterocycles. The van der Waals surface area contributed by atoms with Crippen LogP contribution in [0.4, 0.5) is 0 Å². The number of hydrogen-bond donors (Lipinski definition) is 2. The van der Waals surface area contributed by atoms with E-state index in [1.807, 2.05) is 21.1 Å². The molecule has 0 spiro atoms. The van der Waals surface area contributed by atoms with Crippen LogP contribution in [0.3, 0.4) is 0 Å². The Kier molecular flexibility index (Phi) is 26.5. The van der Waals surface area contributed by atoms with Gasteiger partial charge in [-0.3, -0.25) is 9.36 Å². The first kappa shape index (κ1) is 41.5. The van der Waals surface area contributed by atoms with Crippen LogP contribution in [0.25, 0.3) is 0 Å². The van der Waals surface area contributed by atoms with Crippen LogP contribution in [0.2, 0.25) is 0 Å². The van der Waals surface area contributed by atoms with Crippen molar-refractivity contribution in [2.75, 3.05) is 40.9 Å². The molecule has 9 heteroatoms. The number of aliphatic hydroxyl groups is 1. The summed E-state index contributed by atoms with van der Waals surface area (Å²) in [6, 6.07) is -0.788. The molecular weight excluding hydrogens is 551 g/mol. The number of unbranched alkanes of at least 4 members (excludes halogenated alkanes) is 18. The van der Waals surface area contributed by atoms with Gasteiger partial charge < -0.3 is 28.8 Å². The predicted octanol–water partition coefficient (Wildman–Crippen LogP) is 7.66. The number of nitrogens with one attached hydrogen (secondary N) is 1. The molecule has 0 aliphatic heterocycles. The van der Waals surface area contributed by atoms with Gasteiger partial charge in [-0.1, -0.05) is 136 Å². The maximum absolute atomic E-state index is 12.6. The average Bonchev–Trinajstić information content (AvgIpc) is 2.92. The molecule has 8 nitrogen and oxygen atoms in total. The number of carbonyl (C=O) groups excluding carboxylic acids is 1. The van der Waals surface area contributed by atoms with Crippen molar-refractivity contribution >= 4 is 13.7 Å². The smallest absolute Gasteiger partial charge is 0.268 e. The van der Waals surface area contributed by atoms with Gasteiger partial charge >= 0.3 is 0 Å². The monoisotopic (exact) mass is 620 g/mol. The Morgan fingerprint density at radius 3 is 1.62 bits per heavy atom. The lowest BCUT2D eigenvalue weighted by atomic mass is 10.0. The molecule has 0 bridgehead atoms. The summed E-state index contributed by atoms with van der Waals surface area (Å²) < 4.78 is 23.0. The molecule has 0 radical (unpaired) electrons. The van der Waals surface area contributed by atoms with Crippen molar-refractivity contribution in [1.82, 2.24) is 5.32 Å². The van der Waals surface area contributed by atoms with E-state index >= 15 is 0 Å². The lowest BCUT2D eigenvalue weighted by molar-refractivity contribution is -0.870. The summed E-state index contributed by atoms with van der Waals surface area (Å²) in [5, 5.41) is 13.7. The Balaban J connectivity index is 4.35. The van der Waals surface area contributed by atoms with Crippen molar-refractivity contribution in [3.05, 3.63) is 0 Å². The van der Waals surface area contributed by atoms with Crippen molar-refractivity contribution in [2.45, 2.75) is 167 Å². The highest BCUT2D eigenvalue weighted by molar-refractivity contribution is 7.45. The number of likely N-dealkylation sites (N-methyl/N-ethyl adjacent to an activating group) is 1. The summed E-state index contributed by atoms with van der Waals surface area (Å²) >= 11 is 0. The quantitative estimate of drug-likeness (QED) is 0.0468. The van der Waals surface area contributed by atoms with Gasteiger partial charge in [0.2, 0.25) is 5.91 Å². The third kappa shape index (κ3) is 28.3. The van der Waals surface area contributed by atoms with Crippen LogP contribution in [0.5, 0.6) is 0 Å². The number of aliphatic hydroxyl groups excluding tert-OH is 1. The topological polar surface area (TPSA) is 108 Å². The Bertz CT molecular complexity index is 673. The molecule has 42 heavy (non-hydrogen) atoms. The molecular formula is C33H69N2O6P. The second kappa shape index (κ2) is 26.9. The number of carbonyl (C=O) groups is 1. The van der Waals surface area contributed by atoms with Crippen molar-refractivity contribution in [3.8, 4) is 0 Å². The maximum Gasteiger partial charge on any atom is 0.268 e. The zero-order chi connectivity index (χ0) is 31.5. The molecule has 3 unspecified atom stereocenters. The van der Waals surface area contributed by atoms with Gasteiger partial charge in [-0.25, -0.2) is 0 Å². The zero-order valence-corrected chi connectivity index (χ0v) is 29.1. The summed E-state index contributed by atoms with van der Waals surface area (Å²) in [5.74, 6) is -0.178. The minimum absolute atomic E-state index is 0.0146. The second-order valence-electron chi connectivity index (χ2n) is 13.2. The molecule has 0 saturated carbocycles. The standard InChI is InChI=1S/C33H69N2O6P/c1-6-8-10-12-13-14-15-16-17-18-19-20-21-23-24-26-32(36)31(34-33(37)27-25-22-11-9-7-2)30-41-42(38,39)40-29-28-35(3,4)5/h31-32,36H,6-30H2,1-5H3,(H-,34,37,38,39). The Morgan fingerprint density at radius 2 is 1.17 bits per heavy atom. The van der Waals surface area contributed by atoms with Crippen LogP contribution < -0.4 is 10.2 Å². The molecule has 0 aliphatic carbocycles. The van der Waals surface area contributed by atoms with E-state index < -0.39 is 20.0 Å². The van der Waals surface area contributed by atoms with Crippen LogP contribution in [-0.4, -0.2) is 68.5 Å². The summed E-state index contributed by atoms with van der Waals surface area (Å²) in [6.45, 7) is 4.61. The summed E-state index contributed by atoms with van der Waals surface area (Å²) in [4.78, 5) is 24.8. The Morgan fingerprint density at radius 1 is 0.738 bits per heavy atom. The van der Waals surface area contributed by atoms with Crippen molar-refractivity contribution in [3.63, 3.8) is 0 Å². The lowest BCUT2D eigenvalue weighted by Gasteiger charge is -2.30. The van der Waals surface area contributed by atoms with E-state index in [9.17, 15) is 19.4 Å². The highest BCUT2D eigenvalue weighted by atomic mass is 31.2. The second-order valence-corrected chi connectivity index (χ2v) is 14.6. The summed E-state index contributed by atoms with van der Waals surface area (Å²) in [5.41, 5.74) is 0. The number of nitrogens with zero attached hydrogens (tertiary/aromatic N) is 1. The molecule has 0 rings (SSSR count). The molecule has 0 saturated heterocycles. The van der Waals surface area contributed by atoms with E-state index in [1.165, 1.54) is 77.0 Å². The SMILES string of the molecule is CCCCCCCCCCCCCCCCCC(O)C(COP(=O)([O-])OCC[N+](C)(C)C)NC(=O)CCCCCCC. The Hall–Kier alpha value is -0.500. The van der Waals surface area contributed by atoms with Gasteiger partial charge in [0.25, 0.3) is 7.82 Å². The Labute approximate surface area is 259 Å². The number of phosphoric acid groups is 1. The first-order valence-electron chi connectivity index (χ1n) is 17.4. The lowest BCUT2D eigenvalue weighted by Crippen LogP contribution is -2.46. The van der Waals surface area contributed by atoms with Gasteiger partial charge in [-0.15, -0.1) is 0 Å². The van der Waals surface area contributed by atoms with Crippen molar-refractivity contribution in [2.24, 2.45) is 0 Å². The summed E-state index contributed by atoms with van der Waals surface area (Å²) in [6.07, 6.45) is 24.2. The maximum atomic E-state index is 12.6. The van der Waals surface area contributed by atoms with Gasteiger partial charge in [-0.05, 0) is 12.8 Å². The molecule has 0 aromatic carbocycles. The van der Waals surface area contributed by atoms with Gasteiger partial charge in [0.15, 0.2) is 0 Å².